The van der Waals surface area contributed by atoms with Crippen LogP contribution >= 0.6 is 11.3 Å². The predicted molar refractivity (Wildman–Crippen MR) is 94.4 cm³/mol. The Bertz CT molecular complexity index is 572. The monoisotopic (exact) mass is 353 g/mol. The minimum Gasteiger partial charge on any atom is -0.481 e. The number of urea groups is 1. The maximum atomic E-state index is 11.9. The first kappa shape index (κ1) is 18.7. The smallest absolute Gasteiger partial charge is 0.315 e. The molecule has 0 unspecified atom stereocenters. The summed E-state index contributed by atoms with van der Waals surface area (Å²) in [7, 11) is 0. The molecule has 3 N–H and O–H groups in total. The molecule has 0 radical (unpaired) electrons. The molecule has 0 aromatic carbocycles. The van der Waals surface area contributed by atoms with Gasteiger partial charge in [-0.15, -0.1) is 11.3 Å². The van der Waals surface area contributed by atoms with E-state index in [9.17, 15) is 9.59 Å². The number of rotatable bonds is 5. The first-order valence-corrected chi connectivity index (χ1v) is 9.35. The van der Waals surface area contributed by atoms with Gasteiger partial charge in [-0.1, -0.05) is 20.8 Å². The molecule has 7 heteroatoms. The largest absolute Gasteiger partial charge is 0.481 e. The number of nitrogens with zero attached hydrogens (tertiary/aromatic N) is 1. The van der Waals surface area contributed by atoms with Gasteiger partial charge in [0.2, 0.25) is 0 Å². The van der Waals surface area contributed by atoms with E-state index in [4.69, 9.17) is 5.11 Å². The third-order valence-electron chi connectivity index (χ3n) is 4.36. The van der Waals surface area contributed by atoms with Gasteiger partial charge in [-0.2, -0.15) is 0 Å². The van der Waals surface area contributed by atoms with Gasteiger partial charge >= 0.3 is 12.0 Å². The van der Waals surface area contributed by atoms with Gasteiger partial charge in [0.05, 0.1) is 16.6 Å². The molecular weight excluding hydrogens is 326 g/mol. The molecule has 0 aliphatic heterocycles. The molecule has 1 aromatic heterocycles. The van der Waals surface area contributed by atoms with Crippen LogP contribution in [0, 0.1) is 5.92 Å². The molecule has 24 heavy (non-hydrogen) atoms. The van der Waals surface area contributed by atoms with E-state index in [0.29, 0.717) is 19.4 Å². The summed E-state index contributed by atoms with van der Waals surface area (Å²) in [6, 6.07) is -0.102. The van der Waals surface area contributed by atoms with E-state index in [1.807, 2.05) is 0 Å². The van der Waals surface area contributed by atoms with Crippen molar-refractivity contribution < 1.29 is 14.7 Å². The number of carboxylic acids is 1. The third kappa shape index (κ3) is 5.47. The lowest BCUT2D eigenvalue weighted by molar-refractivity contribution is -0.142. The first-order valence-electron chi connectivity index (χ1n) is 8.48. The highest BCUT2D eigenvalue weighted by Crippen LogP contribution is 2.25. The summed E-state index contributed by atoms with van der Waals surface area (Å²) in [5.74, 6) is -0.982. The summed E-state index contributed by atoms with van der Waals surface area (Å²) in [6.45, 7) is 6.96. The van der Waals surface area contributed by atoms with Gasteiger partial charge in [0.15, 0.2) is 0 Å². The SMILES string of the molecule is CC(C)(C)c1csc(CCNC(=O)NC2CCC(C(=O)O)CC2)n1. The summed E-state index contributed by atoms with van der Waals surface area (Å²) >= 11 is 1.63. The zero-order chi connectivity index (χ0) is 17.7. The molecular formula is C17H27N3O3S. The molecule has 0 spiro atoms. The lowest BCUT2D eigenvalue weighted by Crippen LogP contribution is -2.44. The third-order valence-corrected chi connectivity index (χ3v) is 5.26. The van der Waals surface area contributed by atoms with Crippen LogP contribution in [0.5, 0.6) is 0 Å². The fraction of sp³-hybridized carbons (Fsp3) is 0.706. The summed E-state index contributed by atoms with van der Waals surface area (Å²) < 4.78 is 0. The molecule has 134 valence electrons. The number of amides is 2. The number of aliphatic carboxylic acids is 1. The van der Waals surface area contributed by atoms with E-state index in [0.717, 1.165) is 30.0 Å². The van der Waals surface area contributed by atoms with Crippen molar-refractivity contribution in [3.05, 3.63) is 16.1 Å². The second-order valence-corrected chi connectivity index (χ2v) is 8.36. The first-order chi connectivity index (χ1) is 11.3. The number of thiazole rings is 1. The summed E-state index contributed by atoms with van der Waals surface area (Å²) in [6.07, 6.45) is 3.45. The Morgan fingerprint density at radius 2 is 1.96 bits per heavy atom. The minimum atomic E-state index is -0.726. The van der Waals surface area contributed by atoms with Gasteiger partial charge in [0.1, 0.15) is 0 Å². The number of carbonyl (C=O) groups excluding carboxylic acids is 1. The number of carbonyl (C=O) groups is 2. The van der Waals surface area contributed by atoms with Gasteiger partial charge in [-0.3, -0.25) is 4.79 Å². The molecule has 1 aliphatic rings. The Hall–Kier alpha value is -1.63. The van der Waals surface area contributed by atoms with Crippen LogP contribution in [-0.2, 0) is 16.6 Å². The Morgan fingerprint density at radius 1 is 1.29 bits per heavy atom. The maximum absolute atomic E-state index is 11.9. The van der Waals surface area contributed by atoms with Crippen molar-refractivity contribution in [1.82, 2.24) is 15.6 Å². The Kier molecular flexibility index (Phi) is 6.21. The molecule has 1 aromatic rings. The normalized spacial score (nSPS) is 21.3. The van der Waals surface area contributed by atoms with Crippen LogP contribution in [0.3, 0.4) is 0 Å². The van der Waals surface area contributed by atoms with Crippen molar-refractivity contribution >= 4 is 23.3 Å². The fourth-order valence-corrected chi connectivity index (χ4v) is 3.80. The number of hydrogen-bond donors (Lipinski definition) is 3. The van der Waals surface area contributed by atoms with E-state index in [-0.39, 0.29) is 23.4 Å². The van der Waals surface area contributed by atoms with E-state index in [1.54, 1.807) is 11.3 Å². The van der Waals surface area contributed by atoms with Gasteiger partial charge in [-0.05, 0) is 25.7 Å². The van der Waals surface area contributed by atoms with E-state index >= 15 is 0 Å². The molecule has 1 aliphatic carbocycles. The molecule has 0 atom stereocenters. The molecule has 2 amide bonds. The Morgan fingerprint density at radius 3 is 2.50 bits per heavy atom. The van der Waals surface area contributed by atoms with Crippen LogP contribution in [0.2, 0.25) is 0 Å². The minimum absolute atomic E-state index is 0.0499. The highest BCUT2D eigenvalue weighted by Gasteiger charge is 2.26. The molecule has 0 bridgehead atoms. The quantitative estimate of drug-likeness (QED) is 0.759. The van der Waals surface area contributed by atoms with Crippen LogP contribution in [0.25, 0.3) is 0 Å². The molecule has 2 rings (SSSR count). The Balaban J connectivity index is 1.67. The zero-order valence-corrected chi connectivity index (χ0v) is 15.4. The van der Waals surface area contributed by atoms with Crippen molar-refractivity contribution in [3.63, 3.8) is 0 Å². The lowest BCUT2D eigenvalue weighted by atomic mass is 9.86. The number of hydrogen-bond acceptors (Lipinski definition) is 4. The molecule has 1 saturated carbocycles. The van der Waals surface area contributed by atoms with Gasteiger partial charge in [-0.25, -0.2) is 9.78 Å². The second kappa shape index (κ2) is 7.96. The van der Waals surface area contributed by atoms with E-state index in [1.165, 1.54) is 0 Å². The van der Waals surface area contributed by atoms with Gasteiger partial charge < -0.3 is 15.7 Å². The van der Waals surface area contributed by atoms with Crippen LogP contribution in [0.1, 0.15) is 57.2 Å². The van der Waals surface area contributed by atoms with Gasteiger partial charge in [0, 0.05) is 29.8 Å². The average Bonchev–Trinajstić information content (AvgIpc) is 2.97. The van der Waals surface area contributed by atoms with Crippen LogP contribution in [0.15, 0.2) is 5.38 Å². The standard InChI is InChI=1S/C17H27N3O3S/c1-17(2,3)13-10-24-14(20-13)8-9-18-16(23)19-12-6-4-11(5-7-12)15(21)22/h10-12H,4-9H2,1-3H3,(H,21,22)(H2,18,19,23). The van der Waals surface area contributed by atoms with Crippen molar-refractivity contribution in [3.8, 4) is 0 Å². The highest BCUT2D eigenvalue weighted by molar-refractivity contribution is 7.09. The van der Waals surface area contributed by atoms with Gasteiger partial charge in [0.25, 0.3) is 0 Å². The summed E-state index contributed by atoms with van der Waals surface area (Å²) in [5, 5.41) is 17.9. The molecule has 0 saturated heterocycles. The number of nitrogens with one attached hydrogen (secondary N) is 2. The fourth-order valence-electron chi connectivity index (χ4n) is 2.77. The van der Waals surface area contributed by atoms with Crippen molar-refractivity contribution in [1.29, 1.82) is 0 Å². The molecule has 1 fully saturated rings. The van der Waals surface area contributed by atoms with Crippen LogP contribution in [0.4, 0.5) is 4.79 Å². The zero-order valence-electron chi connectivity index (χ0n) is 14.6. The van der Waals surface area contributed by atoms with E-state index in [2.05, 4.69) is 41.8 Å². The summed E-state index contributed by atoms with van der Waals surface area (Å²) in [5.41, 5.74) is 1.14. The molecule has 6 nitrogen and oxygen atoms in total. The molecule has 1 heterocycles. The topological polar surface area (TPSA) is 91.3 Å². The second-order valence-electron chi connectivity index (χ2n) is 7.41. The van der Waals surface area contributed by atoms with Crippen molar-refractivity contribution in [2.45, 2.75) is 64.3 Å². The van der Waals surface area contributed by atoms with Crippen molar-refractivity contribution in [2.24, 2.45) is 5.92 Å². The van der Waals surface area contributed by atoms with Crippen molar-refractivity contribution in [2.75, 3.05) is 6.54 Å². The number of aromatic nitrogens is 1. The van der Waals surface area contributed by atoms with E-state index < -0.39 is 5.97 Å². The van der Waals surface area contributed by atoms with Crippen LogP contribution < -0.4 is 10.6 Å². The van der Waals surface area contributed by atoms with Crippen LogP contribution in [-0.4, -0.2) is 34.7 Å². The lowest BCUT2D eigenvalue weighted by Gasteiger charge is -2.26. The highest BCUT2D eigenvalue weighted by atomic mass is 32.1. The maximum Gasteiger partial charge on any atom is 0.315 e. The Labute approximate surface area is 147 Å². The summed E-state index contributed by atoms with van der Waals surface area (Å²) in [4.78, 5) is 27.5. The number of carboxylic acid groups (broad SMARTS) is 1. The predicted octanol–water partition coefficient (Wildman–Crippen LogP) is 2.93. The average molecular weight is 353 g/mol.